The number of pyridine rings is 2. The smallest absolute Gasteiger partial charge is 0.254 e. The first-order valence-electron chi connectivity index (χ1n) is 15.9. The number of hydrogen-bond acceptors (Lipinski definition) is 2. The average molecular weight is 553 g/mol. The molecule has 0 aliphatic rings. The molecule has 2 amide bonds. The molecule has 0 aliphatic carbocycles. The minimum Gasteiger partial charge on any atom is -0.342 e. The maximum absolute atomic E-state index is 12.7. The molecule has 222 valence electrons. The van der Waals surface area contributed by atoms with E-state index in [-0.39, 0.29) is 11.8 Å². The summed E-state index contributed by atoms with van der Waals surface area (Å²) in [6.07, 6.45) is 24.7. The van der Waals surface area contributed by atoms with Crippen LogP contribution in [0.25, 0.3) is 0 Å². The van der Waals surface area contributed by atoms with E-state index in [1.807, 2.05) is 72.9 Å². The summed E-state index contributed by atoms with van der Waals surface area (Å²) >= 11 is 0. The number of carbonyl (C=O) groups is 2. The van der Waals surface area contributed by atoms with E-state index in [0.717, 1.165) is 63.0 Å². The molecule has 0 saturated heterocycles. The maximum atomic E-state index is 12.7. The van der Waals surface area contributed by atoms with Crippen LogP contribution in [0.4, 0.5) is 0 Å². The first-order chi connectivity index (χ1) is 19.5. The fourth-order valence-corrected chi connectivity index (χ4v) is 4.99. The van der Waals surface area contributed by atoms with Crippen LogP contribution in [0.1, 0.15) is 124 Å². The van der Waals surface area contributed by atoms with Gasteiger partial charge < -0.3 is 9.80 Å². The summed E-state index contributed by atoms with van der Waals surface area (Å²) in [7, 11) is 3.81. The zero-order valence-corrected chi connectivity index (χ0v) is 26.0. The molecule has 0 aromatic carbocycles. The van der Waals surface area contributed by atoms with Gasteiger partial charge in [-0.1, -0.05) is 65.2 Å². The number of unbranched alkanes of at least 4 members (excludes halogenated alkanes) is 11. The molecule has 6 heteroatoms. The van der Waals surface area contributed by atoms with Crippen molar-refractivity contribution in [2.24, 2.45) is 0 Å². The molecule has 40 heavy (non-hydrogen) atoms. The minimum absolute atomic E-state index is 0.103. The lowest BCUT2D eigenvalue weighted by Crippen LogP contribution is -2.34. The van der Waals surface area contributed by atoms with Crippen molar-refractivity contribution >= 4 is 11.8 Å². The Kier molecular flexibility index (Phi) is 16.9. The summed E-state index contributed by atoms with van der Waals surface area (Å²) < 4.78 is 4.35. The number of aromatic nitrogens is 2. The van der Waals surface area contributed by atoms with Gasteiger partial charge in [0.25, 0.3) is 11.8 Å². The zero-order chi connectivity index (χ0) is 29.0. The van der Waals surface area contributed by atoms with Crippen molar-refractivity contribution in [3.05, 3.63) is 60.2 Å². The molecule has 2 heterocycles. The molecule has 0 fully saturated rings. The molecule has 2 rings (SSSR count). The third kappa shape index (κ3) is 13.1. The number of rotatable bonds is 21. The van der Waals surface area contributed by atoms with Gasteiger partial charge in [0.1, 0.15) is 13.1 Å². The Morgan fingerprint density at radius 1 is 0.525 bits per heavy atom. The lowest BCUT2D eigenvalue weighted by molar-refractivity contribution is -0.697. The lowest BCUT2D eigenvalue weighted by atomic mass is 10.1. The topological polar surface area (TPSA) is 48.4 Å². The van der Waals surface area contributed by atoms with Gasteiger partial charge >= 0.3 is 0 Å². The molecule has 0 radical (unpaired) electrons. The van der Waals surface area contributed by atoms with Gasteiger partial charge in [0.2, 0.25) is 0 Å². The summed E-state index contributed by atoms with van der Waals surface area (Å²) in [6.45, 7) is 8.07. The van der Waals surface area contributed by atoms with Gasteiger partial charge in [-0.3, -0.25) is 9.59 Å². The third-order valence-corrected chi connectivity index (χ3v) is 7.75. The van der Waals surface area contributed by atoms with Crippen molar-refractivity contribution < 1.29 is 18.7 Å². The van der Waals surface area contributed by atoms with Crippen LogP contribution in [0.5, 0.6) is 0 Å². The Morgan fingerprint density at radius 2 is 0.850 bits per heavy atom. The number of amides is 2. The predicted octanol–water partition coefficient (Wildman–Crippen LogP) is 6.61. The van der Waals surface area contributed by atoms with E-state index in [4.69, 9.17) is 0 Å². The monoisotopic (exact) mass is 552 g/mol. The van der Waals surface area contributed by atoms with Crippen molar-refractivity contribution in [1.82, 2.24) is 9.80 Å². The van der Waals surface area contributed by atoms with Crippen molar-refractivity contribution in [1.29, 1.82) is 0 Å². The molecule has 0 unspecified atom stereocenters. The van der Waals surface area contributed by atoms with E-state index in [9.17, 15) is 9.59 Å². The molecular formula is C34H56N4O2+2. The summed E-state index contributed by atoms with van der Waals surface area (Å²) in [4.78, 5) is 29.2. The quantitative estimate of drug-likeness (QED) is 0.129. The zero-order valence-electron chi connectivity index (χ0n) is 26.0. The SMILES string of the molecule is CCCCCC[n+]1ccc(C(=O)N(C)CCCCCCCCN(C)C(=O)c2cc[n+](CCCCCC)cc2)cc1. The molecule has 2 aromatic rings. The highest BCUT2D eigenvalue weighted by molar-refractivity contribution is 5.94. The van der Waals surface area contributed by atoms with Crippen molar-refractivity contribution in [2.75, 3.05) is 27.2 Å². The number of aryl methyl sites for hydroxylation is 2. The average Bonchev–Trinajstić information content (AvgIpc) is 2.98. The lowest BCUT2D eigenvalue weighted by Gasteiger charge is -2.17. The van der Waals surface area contributed by atoms with Gasteiger partial charge in [-0.15, -0.1) is 0 Å². The van der Waals surface area contributed by atoms with Crippen molar-refractivity contribution in [3.63, 3.8) is 0 Å². The number of hydrogen-bond donors (Lipinski definition) is 0. The van der Waals surface area contributed by atoms with Crippen molar-refractivity contribution in [3.8, 4) is 0 Å². The van der Waals surface area contributed by atoms with Crippen molar-refractivity contribution in [2.45, 2.75) is 117 Å². The summed E-state index contributed by atoms with van der Waals surface area (Å²) in [6, 6.07) is 7.79. The Labute approximate surface area is 244 Å². The van der Waals surface area contributed by atoms with Gasteiger partial charge in [0, 0.05) is 64.3 Å². The highest BCUT2D eigenvalue weighted by atomic mass is 16.2. The van der Waals surface area contributed by atoms with E-state index in [1.54, 1.807) is 0 Å². The van der Waals surface area contributed by atoms with E-state index in [0.29, 0.717) is 0 Å². The molecule has 0 bridgehead atoms. The van der Waals surface area contributed by atoms with Crippen LogP contribution in [0.2, 0.25) is 0 Å². The predicted molar refractivity (Wildman–Crippen MR) is 163 cm³/mol. The van der Waals surface area contributed by atoms with Gasteiger partial charge in [-0.25, -0.2) is 9.13 Å². The highest BCUT2D eigenvalue weighted by Crippen LogP contribution is 2.10. The molecule has 0 N–H and O–H groups in total. The van der Waals surface area contributed by atoms with Crippen LogP contribution >= 0.6 is 0 Å². The van der Waals surface area contributed by atoms with E-state index >= 15 is 0 Å². The molecule has 0 spiro atoms. The summed E-state index contributed by atoms with van der Waals surface area (Å²) in [5, 5.41) is 0. The van der Waals surface area contributed by atoms with Gasteiger partial charge in [0.15, 0.2) is 24.8 Å². The summed E-state index contributed by atoms with van der Waals surface area (Å²) in [5.74, 6) is 0.206. The maximum Gasteiger partial charge on any atom is 0.254 e. The van der Waals surface area contributed by atoms with Crippen LogP contribution in [0.3, 0.4) is 0 Å². The highest BCUT2D eigenvalue weighted by Gasteiger charge is 2.14. The van der Waals surface area contributed by atoms with E-state index in [1.165, 1.54) is 64.2 Å². The largest absolute Gasteiger partial charge is 0.342 e. The summed E-state index contributed by atoms with van der Waals surface area (Å²) in [5.41, 5.74) is 1.53. The second kappa shape index (κ2) is 20.2. The molecular weight excluding hydrogens is 496 g/mol. The van der Waals surface area contributed by atoms with Crippen LogP contribution < -0.4 is 9.13 Å². The number of carbonyl (C=O) groups excluding carboxylic acids is 2. The Morgan fingerprint density at radius 3 is 1.20 bits per heavy atom. The Hall–Kier alpha value is -2.76. The Bertz CT molecular complexity index is 879. The van der Waals surface area contributed by atoms with Crippen LogP contribution in [-0.4, -0.2) is 48.8 Å². The second-order valence-corrected chi connectivity index (χ2v) is 11.3. The third-order valence-electron chi connectivity index (χ3n) is 7.75. The molecule has 0 atom stereocenters. The minimum atomic E-state index is 0.103. The fourth-order valence-electron chi connectivity index (χ4n) is 4.99. The molecule has 0 aliphatic heterocycles. The van der Waals surface area contributed by atoms with E-state index in [2.05, 4.69) is 23.0 Å². The fraction of sp³-hybridized carbons (Fsp3) is 0.647. The molecule has 0 saturated carbocycles. The van der Waals surface area contributed by atoms with Crippen LogP contribution in [0, 0.1) is 0 Å². The van der Waals surface area contributed by atoms with Gasteiger partial charge in [-0.2, -0.15) is 0 Å². The van der Waals surface area contributed by atoms with Crippen LogP contribution in [0.15, 0.2) is 49.1 Å². The van der Waals surface area contributed by atoms with E-state index < -0.39 is 0 Å². The normalized spacial score (nSPS) is 11.0. The first-order valence-corrected chi connectivity index (χ1v) is 15.9. The van der Waals surface area contributed by atoms with Gasteiger partial charge in [-0.05, 0) is 25.7 Å². The molecule has 6 nitrogen and oxygen atoms in total. The molecule has 2 aromatic heterocycles. The van der Waals surface area contributed by atoms with Gasteiger partial charge in [0.05, 0.1) is 11.1 Å². The Balaban J connectivity index is 1.54. The number of nitrogens with zero attached hydrogens (tertiary/aromatic N) is 4. The van der Waals surface area contributed by atoms with Crippen LogP contribution in [-0.2, 0) is 13.1 Å². The standard InChI is InChI=1S/C34H56N4O2/c1-5-7-9-17-25-37-27-19-31(20-28-37)33(39)35(3)23-15-13-11-12-14-16-24-36(4)34(40)32-21-29-38(30-22-32)26-18-10-8-6-2/h19-22,27-30H,5-18,23-26H2,1-4H3/q+2. The second-order valence-electron chi connectivity index (χ2n) is 11.3. The first kappa shape index (κ1) is 33.4.